The van der Waals surface area contributed by atoms with E-state index in [9.17, 15) is 0 Å². The number of hydrogen-bond donors (Lipinski definition) is 1. The Morgan fingerprint density at radius 1 is 0.650 bits per heavy atom. The van der Waals surface area contributed by atoms with E-state index in [2.05, 4.69) is 12.6 Å². The van der Waals surface area contributed by atoms with Crippen LogP contribution in [0.15, 0.2) is 17.0 Å². The molecule has 1 rings (SSSR count). The van der Waals surface area contributed by atoms with E-state index in [-0.39, 0.29) is 41.1 Å². The number of hydrogen-bond acceptors (Lipinski definition) is 1. The van der Waals surface area contributed by atoms with Crippen molar-refractivity contribution in [2.24, 2.45) is 0 Å². The van der Waals surface area contributed by atoms with Crippen LogP contribution in [-0.4, -0.2) is 0 Å². The van der Waals surface area contributed by atoms with Gasteiger partial charge in [0.25, 0.3) is 0 Å². The average molecular weight is 528 g/mol. The van der Waals surface area contributed by atoms with E-state index in [1.54, 1.807) is 0 Å². The van der Waals surface area contributed by atoms with Gasteiger partial charge in [-0.2, -0.15) is 0 Å². The molecule has 0 spiro atoms. The second kappa shape index (κ2) is 7.79. The summed E-state index contributed by atoms with van der Waals surface area (Å²) in [6.45, 7) is 0. The minimum Gasteiger partial charge on any atom is -0.143 e. The molecule has 0 atom stereocenters. The Kier molecular flexibility index (Phi) is 8.88. The van der Waals surface area contributed by atoms with E-state index >= 15 is 0 Å². The number of thiol groups is 1. The zero-order valence-electron chi connectivity index (χ0n) is 9.21. The molecule has 0 saturated carbocycles. The van der Waals surface area contributed by atoms with Gasteiger partial charge in [-0.25, -0.2) is 0 Å². The third kappa shape index (κ3) is 6.02. The minimum atomic E-state index is -1.81. The van der Waals surface area contributed by atoms with Crippen LogP contribution in [0.3, 0.4) is 0 Å². The first kappa shape index (κ1) is 22.8. The quantitative estimate of drug-likeness (QED) is 0.202. The van der Waals surface area contributed by atoms with Crippen LogP contribution in [0.25, 0.3) is 0 Å². The molecule has 0 amide bonds. The summed E-state index contributed by atoms with van der Waals surface area (Å²) in [4.78, 5) is 0.193. The first-order chi connectivity index (χ1) is 8.24. The molecule has 0 unspecified atom stereocenters. The van der Waals surface area contributed by atoms with E-state index in [0.29, 0.717) is 0 Å². The van der Waals surface area contributed by atoms with Crippen molar-refractivity contribution in [2.45, 2.75) is 16.3 Å². The van der Waals surface area contributed by atoms with Crippen molar-refractivity contribution in [2.75, 3.05) is 0 Å². The first-order valence-electron chi connectivity index (χ1n) is 4.33. The van der Waals surface area contributed by atoms with Crippen LogP contribution in [0, 0.1) is 0 Å². The number of halogens is 9. The smallest absolute Gasteiger partial charge is 0.143 e. The van der Waals surface area contributed by atoms with E-state index < -0.39 is 11.4 Å². The van der Waals surface area contributed by atoms with Gasteiger partial charge in [0.05, 0.1) is 0 Å². The van der Waals surface area contributed by atoms with Crippen LogP contribution in [-0.2, 0) is 30.9 Å². The van der Waals surface area contributed by atoms with Gasteiger partial charge in [0.1, 0.15) is 0 Å². The van der Waals surface area contributed by atoms with Crippen molar-refractivity contribution in [1.29, 1.82) is 0 Å². The predicted molar refractivity (Wildman–Crippen MR) is 91.4 cm³/mol. The maximum atomic E-state index is 5.83. The second-order valence-corrected chi connectivity index (χ2v) is 10.7. The average Bonchev–Trinajstić information content (AvgIpc) is 2.11. The van der Waals surface area contributed by atoms with Gasteiger partial charge in [0.2, 0.25) is 11.4 Å². The Bertz CT molecular complexity index is 451. The van der Waals surface area contributed by atoms with Gasteiger partial charge in [0.15, 0.2) is 0 Å². The van der Waals surface area contributed by atoms with E-state index in [0.717, 1.165) is 0 Å². The molecule has 0 radical (unpaired) electrons. The fourth-order valence-corrected chi connectivity index (χ4v) is 3.31. The molecule has 0 aromatic heterocycles. The van der Waals surface area contributed by atoms with Crippen molar-refractivity contribution < 1.29 is 19.5 Å². The van der Waals surface area contributed by atoms with Crippen LogP contribution in [0.5, 0.6) is 0 Å². The largest absolute Gasteiger partial charge is 0.217 e. The van der Waals surface area contributed by atoms with Gasteiger partial charge in [-0.3, -0.25) is 0 Å². The third-order valence-electron chi connectivity index (χ3n) is 2.05. The Morgan fingerprint density at radius 2 is 0.950 bits per heavy atom. The van der Waals surface area contributed by atoms with Crippen LogP contribution in [0.2, 0.25) is 0 Å². The zero-order valence-corrected chi connectivity index (χ0v) is 19.9. The minimum absolute atomic E-state index is 0. The maximum Gasteiger partial charge on any atom is 0.217 e. The fourth-order valence-electron chi connectivity index (χ4n) is 1.23. The van der Waals surface area contributed by atoms with Crippen LogP contribution >= 0.6 is 117 Å². The molecule has 0 aliphatic heterocycles. The Hall–Kier alpha value is 2.80. The Morgan fingerprint density at radius 3 is 1.15 bits per heavy atom. The summed E-state index contributed by atoms with van der Waals surface area (Å²) in [5.41, 5.74) is 0.481. The standard InChI is InChI=1S/C9H3Cl9S.Zn/c10-7(11,12)3-1-4(8(13,14)15)6(19)5(2-3)9(16,17)18;/h1-2,19H;. The van der Waals surface area contributed by atoms with Crippen LogP contribution in [0.4, 0.5) is 0 Å². The van der Waals surface area contributed by atoms with E-state index in [4.69, 9.17) is 104 Å². The van der Waals surface area contributed by atoms with Gasteiger partial charge < -0.3 is 0 Å². The molecule has 20 heavy (non-hydrogen) atoms. The second-order valence-electron chi connectivity index (χ2n) is 3.41. The molecular weight excluding hydrogens is 525 g/mol. The monoisotopic (exact) mass is 522 g/mol. The number of alkyl halides is 9. The molecular formula is C9H3Cl9SZn. The summed E-state index contributed by atoms with van der Waals surface area (Å²) in [6.07, 6.45) is 0. The van der Waals surface area contributed by atoms with Crippen molar-refractivity contribution in [1.82, 2.24) is 0 Å². The topological polar surface area (TPSA) is 0 Å². The maximum absolute atomic E-state index is 5.83. The Balaban J connectivity index is 0.00000361. The molecule has 0 bridgehead atoms. The van der Waals surface area contributed by atoms with Gasteiger partial charge in [-0.15, -0.1) is 12.6 Å². The van der Waals surface area contributed by atoms with E-state index in [1.165, 1.54) is 12.1 Å². The van der Waals surface area contributed by atoms with Gasteiger partial charge in [0, 0.05) is 41.1 Å². The molecule has 0 heterocycles. The predicted octanol–water partition coefficient (Wildman–Crippen LogP) is 7.45. The molecule has 0 aliphatic rings. The van der Waals surface area contributed by atoms with Gasteiger partial charge >= 0.3 is 0 Å². The normalized spacial score (nSPS) is 13.1. The number of benzene rings is 1. The zero-order chi connectivity index (χ0) is 15.2. The number of rotatable bonds is 0. The van der Waals surface area contributed by atoms with Crippen molar-refractivity contribution in [3.63, 3.8) is 0 Å². The van der Waals surface area contributed by atoms with Crippen molar-refractivity contribution >= 4 is 117 Å². The molecule has 0 saturated heterocycles. The SMILES string of the molecule is Sc1c(C(Cl)(Cl)Cl)cc(C(Cl)(Cl)Cl)cc1C(Cl)(Cl)Cl.[Zn]. The van der Waals surface area contributed by atoms with Crippen molar-refractivity contribution in [3.05, 3.63) is 28.8 Å². The molecule has 0 N–H and O–H groups in total. The molecule has 11 heteroatoms. The van der Waals surface area contributed by atoms with Gasteiger partial charge in [-0.1, -0.05) is 104 Å². The van der Waals surface area contributed by atoms with Gasteiger partial charge in [-0.05, 0) is 12.1 Å². The third-order valence-corrected chi connectivity index (χ3v) is 4.41. The fraction of sp³-hybridized carbons (Fsp3) is 0.333. The molecule has 0 nitrogen and oxygen atoms in total. The molecule has 1 aromatic carbocycles. The van der Waals surface area contributed by atoms with Crippen LogP contribution in [0.1, 0.15) is 16.7 Å². The summed E-state index contributed by atoms with van der Waals surface area (Å²) < 4.78 is -5.39. The van der Waals surface area contributed by atoms with Crippen molar-refractivity contribution in [3.8, 4) is 0 Å². The molecule has 1 aromatic rings. The first-order valence-corrected chi connectivity index (χ1v) is 8.18. The molecule has 0 aliphatic carbocycles. The Labute approximate surface area is 179 Å². The summed E-state index contributed by atoms with van der Waals surface area (Å²) in [7, 11) is 0. The summed E-state index contributed by atoms with van der Waals surface area (Å²) >= 11 is 56.6. The molecule has 0 fully saturated rings. The molecule has 110 valence electrons. The summed E-state index contributed by atoms with van der Waals surface area (Å²) in [6, 6.07) is 2.75. The summed E-state index contributed by atoms with van der Waals surface area (Å²) in [5, 5.41) is 0. The van der Waals surface area contributed by atoms with E-state index in [1.807, 2.05) is 0 Å². The van der Waals surface area contributed by atoms with Crippen LogP contribution < -0.4 is 0 Å². The summed E-state index contributed by atoms with van der Waals surface area (Å²) in [5.74, 6) is 0.